The summed E-state index contributed by atoms with van der Waals surface area (Å²) in [6.45, 7) is 5.36. The molecular weight excluding hydrogens is 280 g/mol. The maximum atomic E-state index is 11.8. The standard InChI is InChI=1S/C12H22N4O5/c1-6(13)10(18)15-8(3)12(20)16-7(2)11(19)14-5-21-9(4)17/h6-8H,5,13H2,1-4H3,(H,14,19)(H,15,18)(H,16,20)/t6-,7-,8-/m0/s1. The Bertz CT molecular complexity index is 410. The van der Waals surface area contributed by atoms with Gasteiger partial charge in [-0.05, 0) is 20.8 Å². The minimum absolute atomic E-state index is 0.272. The number of rotatable bonds is 7. The maximum Gasteiger partial charge on any atom is 0.304 e. The number of hydrogen-bond acceptors (Lipinski definition) is 6. The molecule has 0 heterocycles. The van der Waals surface area contributed by atoms with Crippen LogP contribution in [0.2, 0.25) is 0 Å². The van der Waals surface area contributed by atoms with E-state index in [1.807, 2.05) is 0 Å². The lowest BCUT2D eigenvalue weighted by atomic mass is 10.2. The summed E-state index contributed by atoms with van der Waals surface area (Å²) in [6, 6.07) is -2.40. The Morgan fingerprint density at radius 3 is 1.90 bits per heavy atom. The fourth-order valence-electron chi connectivity index (χ4n) is 1.18. The van der Waals surface area contributed by atoms with E-state index in [2.05, 4.69) is 20.7 Å². The molecule has 0 aromatic carbocycles. The number of carbonyl (C=O) groups excluding carboxylic acids is 4. The van der Waals surface area contributed by atoms with Gasteiger partial charge >= 0.3 is 5.97 Å². The number of ether oxygens (including phenoxy) is 1. The summed E-state index contributed by atoms with van der Waals surface area (Å²) < 4.78 is 4.54. The van der Waals surface area contributed by atoms with Gasteiger partial charge < -0.3 is 26.4 Å². The molecule has 0 rings (SSSR count). The average Bonchev–Trinajstić information content (AvgIpc) is 2.37. The molecule has 0 bridgehead atoms. The highest BCUT2D eigenvalue weighted by atomic mass is 16.5. The summed E-state index contributed by atoms with van der Waals surface area (Å²) in [5, 5.41) is 7.13. The van der Waals surface area contributed by atoms with Crippen LogP contribution in [0, 0.1) is 0 Å². The third-order valence-electron chi connectivity index (χ3n) is 2.44. The van der Waals surface area contributed by atoms with Crippen LogP contribution in [0.1, 0.15) is 27.7 Å². The van der Waals surface area contributed by atoms with Gasteiger partial charge in [0.2, 0.25) is 17.7 Å². The van der Waals surface area contributed by atoms with Crippen LogP contribution in [-0.2, 0) is 23.9 Å². The van der Waals surface area contributed by atoms with Crippen LogP contribution in [0.25, 0.3) is 0 Å². The van der Waals surface area contributed by atoms with Crippen molar-refractivity contribution in [1.29, 1.82) is 0 Å². The SMILES string of the molecule is CC(=O)OCNC(=O)[C@H](C)NC(=O)[C@H](C)NC(=O)[C@H](C)N. The number of nitrogens with two attached hydrogens (primary N) is 1. The van der Waals surface area contributed by atoms with Gasteiger partial charge in [0.1, 0.15) is 12.1 Å². The normalized spacial score (nSPS) is 14.3. The Morgan fingerprint density at radius 2 is 1.43 bits per heavy atom. The summed E-state index contributed by atoms with van der Waals surface area (Å²) in [4.78, 5) is 45.2. The highest BCUT2D eigenvalue weighted by Gasteiger charge is 2.21. The van der Waals surface area contributed by atoms with Gasteiger partial charge in [-0.3, -0.25) is 19.2 Å². The van der Waals surface area contributed by atoms with Gasteiger partial charge in [0.05, 0.1) is 6.04 Å². The van der Waals surface area contributed by atoms with E-state index in [-0.39, 0.29) is 6.73 Å². The fourth-order valence-corrected chi connectivity index (χ4v) is 1.18. The van der Waals surface area contributed by atoms with Gasteiger partial charge in [-0.1, -0.05) is 0 Å². The van der Waals surface area contributed by atoms with Crippen LogP contribution in [0.3, 0.4) is 0 Å². The molecule has 0 aromatic heterocycles. The van der Waals surface area contributed by atoms with Crippen molar-refractivity contribution in [3.63, 3.8) is 0 Å². The van der Waals surface area contributed by atoms with Gasteiger partial charge in [0.15, 0.2) is 6.73 Å². The second kappa shape index (κ2) is 8.90. The van der Waals surface area contributed by atoms with Gasteiger partial charge in [-0.15, -0.1) is 0 Å². The molecular formula is C12H22N4O5. The topological polar surface area (TPSA) is 140 Å². The molecule has 0 saturated carbocycles. The first-order valence-electron chi connectivity index (χ1n) is 6.42. The Labute approximate surface area is 123 Å². The summed E-state index contributed by atoms with van der Waals surface area (Å²) in [5.41, 5.74) is 5.36. The van der Waals surface area contributed by atoms with Gasteiger partial charge in [0, 0.05) is 6.92 Å². The molecule has 3 amide bonds. The van der Waals surface area contributed by atoms with Crippen molar-refractivity contribution in [3.8, 4) is 0 Å². The van der Waals surface area contributed by atoms with Crippen LogP contribution in [0.15, 0.2) is 0 Å². The first-order chi connectivity index (χ1) is 9.65. The zero-order valence-corrected chi connectivity index (χ0v) is 12.6. The smallest absolute Gasteiger partial charge is 0.304 e. The minimum atomic E-state index is -0.845. The van der Waals surface area contributed by atoms with E-state index in [1.54, 1.807) is 0 Å². The number of esters is 1. The number of nitrogens with one attached hydrogen (secondary N) is 3. The van der Waals surface area contributed by atoms with Crippen LogP contribution in [0.4, 0.5) is 0 Å². The quantitative estimate of drug-likeness (QED) is 0.316. The Morgan fingerprint density at radius 1 is 0.952 bits per heavy atom. The molecule has 0 aliphatic heterocycles. The minimum Gasteiger partial charge on any atom is -0.445 e. The lowest BCUT2D eigenvalue weighted by molar-refractivity contribution is -0.143. The number of hydrogen-bond donors (Lipinski definition) is 4. The highest BCUT2D eigenvalue weighted by molar-refractivity contribution is 5.92. The zero-order chi connectivity index (χ0) is 16.6. The van der Waals surface area contributed by atoms with Crippen molar-refractivity contribution in [2.24, 2.45) is 5.73 Å². The third-order valence-corrected chi connectivity index (χ3v) is 2.44. The Hall–Kier alpha value is -2.16. The van der Waals surface area contributed by atoms with Crippen LogP contribution in [0.5, 0.6) is 0 Å². The number of amides is 3. The van der Waals surface area contributed by atoms with E-state index in [0.29, 0.717) is 0 Å². The van der Waals surface area contributed by atoms with E-state index in [9.17, 15) is 19.2 Å². The van der Waals surface area contributed by atoms with Crippen molar-refractivity contribution in [1.82, 2.24) is 16.0 Å². The molecule has 0 unspecified atom stereocenters. The molecule has 0 fully saturated rings. The van der Waals surface area contributed by atoms with E-state index in [1.165, 1.54) is 27.7 Å². The van der Waals surface area contributed by atoms with E-state index < -0.39 is 41.8 Å². The Balaban J connectivity index is 4.21. The largest absolute Gasteiger partial charge is 0.445 e. The van der Waals surface area contributed by atoms with E-state index >= 15 is 0 Å². The summed E-state index contributed by atoms with van der Waals surface area (Å²) in [5.74, 6) is -2.04. The first kappa shape index (κ1) is 18.8. The van der Waals surface area contributed by atoms with Gasteiger partial charge in [-0.25, -0.2) is 0 Å². The predicted octanol–water partition coefficient (Wildman–Crippen LogP) is -2.02. The van der Waals surface area contributed by atoms with Gasteiger partial charge in [-0.2, -0.15) is 0 Å². The molecule has 0 aliphatic rings. The van der Waals surface area contributed by atoms with Crippen molar-refractivity contribution in [2.45, 2.75) is 45.8 Å². The maximum absolute atomic E-state index is 11.8. The summed E-state index contributed by atoms with van der Waals surface area (Å²) >= 11 is 0. The molecule has 0 saturated heterocycles. The predicted molar refractivity (Wildman–Crippen MR) is 73.6 cm³/mol. The lowest BCUT2D eigenvalue weighted by Gasteiger charge is -2.19. The van der Waals surface area contributed by atoms with Crippen LogP contribution >= 0.6 is 0 Å². The average molecular weight is 302 g/mol. The molecule has 3 atom stereocenters. The van der Waals surface area contributed by atoms with Crippen molar-refractivity contribution in [3.05, 3.63) is 0 Å². The summed E-state index contributed by atoms with van der Waals surface area (Å²) in [6.07, 6.45) is 0. The molecule has 0 spiro atoms. The first-order valence-corrected chi connectivity index (χ1v) is 6.42. The Kier molecular flexibility index (Phi) is 7.99. The number of carbonyl (C=O) groups is 4. The van der Waals surface area contributed by atoms with E-state index in [4.69, 9.17) is 5.73 Å². The monoisotopic (exact) mass is 302 g/mol. The van der Waals surface area contributed by atoms with Crippen molar-refractivity contribution >= 4 is 23.7 Å². The molecule has 120 valence electrons. The fraction of sp³-hybridized carbons (Fsp3) is 0.667. The van der Waals surface area contributed by atoms with Crippen LogP contribution < -0.4 is 21.7 Å². The molecule has 5 N–H and O–H groups in total. The second-order valence-electron chi connectivity index (χ2n) is 4.57. The van der Waals surface area contributed by atoms with Crippen molar-refractivity contribution in [2.75, 3.05) is 6.73 Å². The molecule has 21 heavy (non-hydrogen) atoms. The molecule has 0 radical (unpaired) electrons. The van der Waals surface area contributed by atoms with E-state index in [0.717, 1.165) is 0 Å². The molecule has 0 aromatic rings. The van der Waals surface area contributed by atoms with Gasteiger partial charge in [0.25, 0.3) is 0 Å². The second-order valence-corrected chi connectivity index (χ2v) is 4.57. The highest BCUT2D eigenvalue weighted by Crippen LogP contribution is 1.89. The lowest BCUT2D eigenvalue weighted by Crippen LogP contribution is -2.53. The van der Waals surface area contributed by atoms with Crippen LogP contribution in [-0.4, -0.2) is 48.5 Å². The molecule has 9 heteroatoms. The zero-order valence-electron chi connectivity index (χ0n) is 12.6. The van der Waals surface area contributed by atoms with Crippen molar-refractivity contribution < 1.29 is 23.9 Å². The molecule has 9 nitrogen and oxygen atoms in total. The third kappa shape index (κ3) is 7.88. The summed E-state index contributed by atoms with van der Waals surface area (Å²) in [7, 11) is 0. The molecule has 0 aliphatic carbocycles.